The molecule has 0 heterocycles. The molecule has 1 aromatic carbocycles. The van der Waals surface area contributed by atoms with Crippen LogP contribution in [-0.4, -0.2) is 7.05 Å². The lowest BCUT2D eigenvalue weighted by atomic mass is 10.1. The number of rotatable bonds is 2. The molecular formula is C9H11ClN-. The monoisotopic (exact) mass is 168 g/mol. The maximum Gasteiger partial charge on any atom is 0.0408 e. The van der Waals surface area contributed by atoms with E-state index in [2.05, 4.69) is 12.2 Å². The van der Waals surface area contributed by atoms with Crippen LogP contribution in [0.5, 0.6) is 0 Å². The fraction of sp³-hybridized carbons (Fsp3) is 0.333. The zero-order valence-electron chi connectivity index (χ0n) is 6.76. The Morgan fingerprint density at radius 3 is 2.82 bits per heavy atom. The van der Waals surface area contributed by atoms with Crippen LogP contribution >= 0.6 is 11.6 Å². The largest absolute Gasteiger partial charge is 0.661 e. The predicted octanol–water partition coefficient (Wildman–Crippen LogP) is 3.15. The van der Waals surface area contributed by atoms with E-state index in [1.54, 1.807) is 7.05 Å². The molecule has 0 aliphatic rings. The molecule has 0 fully saturated rings. The molecule has 2 heteroatoms. The van der Waals surface area contributed by atoms with Gasteiger partial charge in [-0.15, -0.1) is 6.54 Å². The fourth-order valence-corrected chi connectivity index (χ4v) is 1.18. The van der Waals surface area contributed by atoms with Crippen molar-refractivity contribution in [2.45, 2.75) is 13.5 Å². The van der Waals surface area contributed by atoms with Gasteiger partial charge < -0.3 is 5.32 Å². The Morgan fingerprint density at radius 1 is 1.45 bits per heavy atom. The molecule has 0 N–H and O–H groups in total. The molecule has 11 heavy (non-hydrogen) atoms. The van der Waals surface area contributed by atoms with Crippen LogP contribution < -0.4 is 0 Å². The molecule has 0 aromatic heterocycles. The molecule has 0 saturated heterocycles. The number of benzene rings is 1. The highest BCUT2D eigenvalue weighted by molar-refractivity contribution is 6.30. The van der Waals surface area contributed by atoms with Crippen molar-refractivity contribution in [3.8, 4) is 0 Å². The van der Waals surface area contributed by atoms with Gasteiger partial charge in [0.15, 0.2) is 0 Å². The van der Waals surface area contributed by atoms with Crippen molar-refractivity contribution in [2.24, 2.45) is 0 Å². The maximum atomic E-state index is 5.81. The van der Waals surface area contributed by atoms with E-state index in [1.807, 2.05) is 18.2 Å². The first-order valence-corrected chi connectivity index (χ1v) is 3.92. The molecular weight excluding hydrogens is 158 g/mol. The Kier molecular flexibility index (Phi) is 2.92. The Balaban J connectivity index is 2.93. The molecule has 0 aliphatic carbocycles. The molecule has 1 aromatic rings. The predicted molar refractivity (Wildman–Crippen MR) is 49.2 cm³/mol. The van der Waals surface area contributed by atoms with Crippen LogP contribution in [0.2, 0.25) is 5.02 Å². The second-order valence-electron chi connectivity index (χ2n) is 2.55. The summed E-state index contributed by atoms with van der Waals surface area (Å²) in [4.78, 5) is 0. The van der Waals surface area contributed by atoms with Gasteiger partial charge in [0.05, 0.1) is 0 Å². The minimum Gasteiger partial charge on any atom is -0.661 e. The van der Waals surface area contributed by atoms with Crippen molar-refractivity contribution in [2.75, 3.05) is 7.05 Å². The van der Waals surface area contributed by atoms with Crippen molar-refractivity contribution < 1.29 is 0 Å². The molecule has 1 rings (SSSR count). The summed E-state index contributed by atoms with van der Waals surface area (Å²) in [5.41, 5.74) is 2.46. The topological polar surface area (TPSA) is 14.1 Å². The summed E-state index contributed by atoms with van der Waals surface area (Å²) < 4.78 is 0. The SMILES string of the molecule is C[N-]Cc1cc(Cl)ccc1C. The summed E-state index contributed by atoms with van der Waals surface area (Å²) >= 11 is 5.81. The average molecular weight is 169 g/mol. The molecule has 0 radical (unpaired) electrons. The van der Waals surface area contributed by atoms with Gasteiger partial charge in [-0.3, -0.25) is 0 Å². The van der Waals surface area contributed by atoms with Crippen molar-refractivity contribution in [3.63, 3.8) is 0 Å². The molecule has 0 atom stereocenters. The second-order valence-corrected chi connectivity index (χ2v) is 2.98. The second kappa shape index (κ2) is 3.74. The number of hydrogen-bond acceptors (Lipinski definition) is 0. The smallest absolute Gasteiger partial charge is 0.0408 e. The van der Waals surface area contributed by atoms with E-state index in [0.717, 1.165) is 11.6 Å². The van der Waals surface area contributed by atoms with Crippen molar-refractivity contribution >= 4 is 11.6 Å². The van der Waals surface area contributed by atoms with Gasteiger partial charge in [0.25, 0.3) is 0 Å². The van der Waals surface area contributed by atoms with E-state index in [0.29, 0.717) is 0 Å². The third-order valence-electron chi connectivity index (χ3n) is 1.64. The van der Waals surface area contributed by atoms with Gasteiger partial charge in [-0.1, -0.05) is 23.2 Å². The fourth-order valence-electron chi connectivity index (χ4n) is 0.981. The van der Waals surface area contributed by atoms with Crippen LogP contribution in [0.3, 0.4) is 0 Å². The minimum atomic E-state index is 0.756. The van der Waals surface area contributed by atoms with E-state index in [4.69, 9.17) is 11.6 Å². The summed E-state index contributed by atoms with van der Waals surface area (Å²) in [6.45, 7) is 2.82. The first-order chi connectivity index (χ1) is 5.24. The van der Waals surface area contributed by atoms with Gasteiger partial charge >= 0.3 is 0 Å². The quantitative estimate of drug-likeness (QED) is 0.644. The van der Waals surface area contributed by atoms with Crippen molar-refractivity contribution in [1.29, 1.82) is 0 Å². The van der Waals surface area contributed by atoms with Crippen LogP contribution in [-0.2, 0) is 6.54 Å². The molecule has 0 amide bonds. The van der Waals surface area contributed by atoms with Gasteiger partial charge in [-0.2, -0.15) is 7.05 Å². The van der Waals surface area contributed by atoms with Crippen LogP contribution in [0.25, 0.3) is 5.32 Å². The number of aryl methyl sites for hydroxylation is 1. The molecule has 0 unspecified atom stereocenters. The zero-order chi connectivity index (χ0) is 8.27. The zero-order valence-corrected chi connectivity index (χ0v) is 7.52. The van der Waals surface area contributed by atoms with Crippen LogP contribution in [0.15, 0.2) is 18.2 Å². The van der Waals surface area contributed by atoms with E-state index < -0.39 is 0 Å². The highest BCUT2D eigenvalue weighted by atomic mass is 35.5. The van der Waals surface area contributed by atoms with Crippen LogP contribution in [0, 0.1) is 6.92 Å². The third kappa shape index (κ3) is 2.21. The Hall–Kier alpha value is -0.530. The molecule has 0 aliphatic heterocycles. The van der Waals surface area contributed by atoms with Gasteiger partial charge in [0.1, 0.15) is 0 Å². The molecule has 0 bridgehead atoms. The van der Waals surface area contributed by atoms with Gasteiger partial charge in [0.2, 0.25) is 0 Å². The summed E-state index contributed by atoms with van der Waals surface area (Å²) in [7, 11) is 1.81. The van der Waals surface area contributed by atoms with E-state index in [1.165, 1.54) is 11.1 Å². The van der Waals surface area contributed by atoms with Crippen molar-refractivity contribution in [1.82, 2.24) is 0 Å². The molecule has 0 spiro atoms. The first kappa shape index (κ1) is 8.57. The van der Waals surface area contributed by atoms with E-state index in [9.17, 15) is 0 Å². The summed E-state index contributed by atoms with van der Waals surface area (Å²) in [6, 6.07) is 5.88. The minimum absolute atomic E-state index is 0.756. The highest BCUT2D eigenvalue weighted by Crippen LogP contribution is 2.16. The van der Waals surface area contributed by atoms with E-state index >= 15 is 0 Å². The summed E-state index contributed by atoms with van der Waals surface area (Å²) in [5, 5.41) is 4.84. The van der Waals surface area contributed by atoms with Crippen molar-refractivity contribution in [3.05, 3.63) is 39.7 Å². The lowest BCUT2D eigenvalue weighted by molar-refractivity contribution is 1.15. The normalized spacial score (nSPS) is 10.1. The average Bonchev–Trinajstić information content (AvgIpc) is 1.98. The van der Waals surface area contributed by atoms with E-state index in [-0.39, 0.29) is 0 Å². The van der Waals surface area contributed by atoms with Crippen LogP contribution in [0.4, 0.5) is 0 Å². The van der Waals surface area contributed by atoms with Gasteiger partial charge in [0, 0.05) is 5.02 Å². The molecule has 1 nitrogen and oxygen atoms in total. The van der Waals surface area contributed by atoms with Gasteiger partial charge in [-0.25, -0.2) is 0 Å². The number of hydrogen-bond donors (Lipinski definition) is 0. The summed E-state index contributed by atoms with van der Waals surface area (Å²) in [6.07, 6.45) is 0. The van der Waals surface area contributed by atoms with Crippen LogP contribution in [0.1, 0.15) is 11.1 Å². The third-order valence-corrected chi connectivity index (χ3v) is 1.87. The lowest BCUT2D eigenvalue weighted by Crippen LogP contribution is -1.86. The maximum absolute atomic E-state index is 5.81. The first-order valence-electron chi connectivity index (χ1n) is 3.54. The molecule has 0 saturated carbocycles. The Morgan fingerprint density at radius 2 is 2.18 bits per heavy atom. The highest BCUT2D eigenvalue weighted by Gasteiger charge is 1.93. The summed E-state index contributed by atoms with van der Waals surface area (Å²) in [5.74, 6) is 0. The lowest BCUT2D eigenvalue weighted by Gasteiger charge is -2.13. The standard InChI is InChI=1S/C9H11ClN/c1-7-3-4-9(10)5-8(7)6-11-2/h3-5H,6H2,1-2H3/q-1. The Labute approximate surface area is 72.4 Å². The van der Waals surface area contributed by atoms with Gasteiger partial charge in [-0.05, 0) is 24.6 Å². The molecule has 60 valence electrons. The number of halogens is 1. The number of nitrogens with zero attached hydrogens (tertiary/aromatic N) is 1. The Bertz CT molecular complexity index is 245.